The Labute approximate surface area is 103 Å². The van der Waals surface area contributed by atoms with E-state index in [-0.39, 0.29) is 5.75 Å². The van der Waals surface area contributed by atoms with E-state index in [2.05, 4.69) is 4.18 Å². The summed E-state index contributed by atoms with van der Waals surface area (Å²) in [6.45, 7) is 1.74. The van der Waals surface area contributed by atoms with E-state index in [1.807, 2.05) is 0 Å². The lowest BCUT2D eigenvalue weighted by Crippen LogP contribution is -2.11. The van der Waals surface area contributed by atoms with Crippen LogP contribution in [0.1, 0.15) is 5.56 Å². The van der Waals surface area contributed by atoms with Crippen LogP contribution in [0.5, 0.6) is 5.75 Å². The molecule has 1 rings (SSSR count). The molecule has 0 fully saturated rings. The summed E-state index contributed by atoms with van der Waals surface area (Å²) in [4.78, 5) is 0.716. The number of hydrogen-bond acceptors (Lipinski definition) is 5. The molecule has 1 aromatic carbocycles. The Kier molecular flexibility index (Phi) is 4.08. The third-order valence-corrected chi connectivity index (χ3v) is 6.02. The summed E-state index contributed by atoms with van der Waals surface area (Å²) >= 11 is 0. The maximum Gasteiger partial charge on any atom is 0.409 e. The fourth-order valence-corrected chi connectivity index (χ4v) is 4.27. The lowest BCUT2D eigenvalue weighted by Gasteiger charge is -2.29. The van der Waals surface area contributed by atoms with Crippen molar-refractivity contribution < 1.29 is 21.3 Å². The van der Waals surface area contributed by atoms with Gasteiger partial charge in [-0.3, -0.25) is 4.18 Å². The van der Waals surface area contributed by atoms with Crippen molar-refractivity contribution >= 4 is 20.7 Å². The molecule has 0 aromatic heterocycles. The minimum Gasteiger partial charge on any atom is -0.508 e. The summed E-state index contributed by atoms with van der Waals surface area (Å²) in [7, 11) is -4.92. The van der Waals surface area contributed by atoms with Gasteiger partial charge in [-0.2, -0.15) is 12.0 Å². The van der Waals surface area contributed by atoms with Crippen molar-refractivity contribution in [1.29, 1.82) is 0 Å². The maximum absolute atomic E-state index is 11.3. The Morgan fingerprint density at radius 1 is 1.24 bits per heavy atom. The maximum atomic E-state index is 11.3. The molecule has 0 saturated heterocycles. The summed E-state index contributed by atoms with van der Waals surface area (Å²) in [6, 6.07) is 4.86. The van der Waals surface area contributed by atoms with Crippen LogP contribution < -0.4 is 0 Å². The average molecular weight is 280 g/mol. The van der Waals surface area contributed by atoms with Crippen molar-refractivity contribution in [2.75, 3.05) is 19.6 Å². The summed E-state index contributed by atoms with van der Waals surface area (Å²) in [6.07, 6.45) is 3.38. The van der Waals surface area contributed by atoms with Gasteiger partial charge in [-0.1, -0.05) is 10.3 Å². The average Bonchev–Trinajstić information content (AvgIpc) is 2.20. The molecule has 0 aliphatic heterocycles. The molecule has 0 bridgehead atoms. The minimum absolute atomic E-state index is 0.165. The van der Waals surface area contributed by atoms with Crippen molar-refractivity contribution in [3.05, 3.63) is 23.8 Å². The van der Waals surface area contributed by atoms with E-state index < -0.39 is 20.7 Å². The zero-order valence-corrected chi connectivity index (χ0v) is 11.8. The van der Waals surface area contributed by atoms with E-state index in [1.165, 1.54) is 6.07 Å². The molecule has 0 aliphatic carbocycles. The highest BCUT2D eigenvalue weighted by atomic mass is 32.3. The molecule has 1 aromatic rings. The number of aromatic hydroxyl groups is 1. The number of phenols is 1. The molecule has 98 valence electrons. The van der Waals surface area contributed by atoms with Gasteiger partial charge in [0.25, 0.3) is 0 Å². The van der Waals surface area contributed by atoms with Gasteiger partial charge in [-0.15, -0.1) is 0 Å². The number of benzene rings is 1. The van der Waals surface area contributed by atoms with Gasteiger partial charge in [-0.25, -0.2) is 0 Å². The van der Waals surface area contributed by atoms with E-state index in [1.54, 1.807) is 31.6 Å². The largest absolute Gasteiger partial charge is 0.508 e. The molecule has 0 radical (unpaired) electrons. The Morgan fingerprint density at radius 3 is 2.29 bits per heavy atom. The van der Waals surface area contributed by atoms with Gasteiger partial charge in [-0.05, 0) is 43.2 Å². The SMILES string of the molecule is COS(=O)(=O)OS(C)(C)c1ccc(O)c(C)c1. The molecular weight excluding hydrogens is 264 g/mol. The number of phenolic OH excluding ortho intramolecular Hbond substituents is 1. The molecule has 0 saturated carbocycles. The fraction of sp³-hybridized carbons (Fsp3) is 0.400. The van der Waals surface area contributed by atoms with Gasteiger partial charge in [0, 0.05) is 4.90 Å². The van der Waals surface area contributed by atoms with Crippen LogP contribution in [0, 0.1) is 6.92 Å². The Balaban J connectivity index is 3.09. The molecule has 5 nitrogen and oxygen atoms in total. The summed E-state index contributed by atoms with van der Waals surface area (Å²) in [5.41, 5.74) is 0.668. The van der Waals surface area contributed by atoms with E-state index >= 15 is 0 Å². The molecule has 0 heterocycles. The zero-order chi connectivity index (χ0) is 13.3. The van der Waals surface area contributed by atoms with Gasteiger partial charge in [0.15, 0.2) is 0 Å². The Hall–Kier alpha value is -0.760. The first-order valence-corrected chi connectivity index (χ1v) is 8.43. The van der Waals surface area contributed by atoms with Crippen molar-refractivity contribution in [1.82, 2.24) is 0 Å². The number of aryl methyl sites for hydroxylation is 1. The van der Waals surface area contributed by atoms with Crippen molar-refractivity contribution in [2.45, 2.75) is 11.8 Å². The van der Waals surface area contributed by atoms with Crippen LogP contribution in [0.2, 0.25) is 0 Å². The topological polar surface area (TPSA) is 72.8 Å². The molecule has 0 amide bonds. The van der Waals surface area contributed by atoms with Crippen LogP contribution in [-0.4, -0.2) is 33.1 Å². The third-order valence-electron chi connectivity index (χ3n) is 2.19. The second-order valence-corrected chi connectivity index (χ2v) is 8.46. The first-order chi connectivity index (χ1) is 7.68. The van der Waals surface area contributed by atoms with E-state index in [0.29, 0.717) is 10.5 Å². The van der Waals surface area contributed by atoms with Crippen LogP contribution in [0.15, 0.2) is 23.1 Å². The molecule has 0 spiro atoms. The summed E-state index contributed by atoms with van der Waals surface area (Å²) in [5, 5.41) is 9.41. The van der Waals surface area contributed by atoms with Gasteiger partial charge in [0.1, 0.15) is 5.75 Å². The lowest BCUT2D eigenvalue weighted by atomic mass is 10.2. The fourth-order valence-electron chi connectivity index (χ4n) is 1.21. The Bertz CT molecular complexity index is 507. The second-order valence-electron chi connectivity index (χ2n) is 3.82. The smallest absolute Gasteiger partial charge is 0.409 e. The second kappa shape index (κ2) is 4.85. The highest BCUT2D eigenvalue weighted by Crippen LogP contribution is 2.52. The first-order valence-electron chi connectivity index (χ1n) is 4.72. The summed E-state index contributed by atoms with van der Waals surface area (Å²) < 4.78 is 31.8. The molecule has 0 atom stereocenters. The van der Waals surface area contributed by atoms with Gasteiger partial charge < -0.3 is 5.11 Å². The minimum atomic E-state index is -3.97. The quantitative estimate of drug-likeness (QED) is 0.912. The Morgan fingerprint density at radius 2 is 1.82 bits per heavy atom. The van der Waals surface area contributed by atoms with Crippen LogP contribution >= 0.6 is 10.3 Å². The zero-order valence-electron chi connectivity index (χ0n) is 10.1. The first kappa shape index (κ1) is 14.3. The highest BCUT2D eigenvalue weighted by molar-refractivity contribution is 8.31. The molecule has 17 heavy (non-hydrogen) atoms. The number of rotatable bonds is 4. The normalized spacial score (nSPS) is 13.6. The predicted octanol–water partition coefficient (Wildman–Crippen LogP) is 1.95. The van der Waals surface area contributed by atoms with Gasteiger partial charge in [0.05, 0.1) is 7.11 Å². The highest BCUT2D eigenvalue weighted by Gasteiger charge is 2.24. The number of hydrogen-bond donors (Lipinski definition) is 1. The van der Waals surface area contributed by atoms with Gasteiger partial charge >= 0.3 is 10.4 Å². The molecule has 0 aliphatic rings. The van der Waals surface area contributed by atoms with Crippen LogP contribution in [0.4, 0.5) is 0 Å². The monoisotopic (exact) mass is 280 g/mol. The molecular formula is C10H16O5S2. The molecule has 0 unspecified atom stereocenters. The van der Waals surface area contributed by atoms with Crippen molar-refractivity contribution in [3.8, 4) is 5.75 Å². The van der Waals surface area contributed by atoms with E-state index in [0.717, 1.165) is 7.11 Å². The third kappa shape index (κ3) is 3.60. The van der Waals surface area contributed by atoms with Crippen LogP contribution in [-0.2, 0) is 18.2 Å². The molecule has 1 N–H and O–H groups in total. The van der Waals surface area contributed by atoms with Crippen LogP contribution in [0.25, 0.3) is 0 Å². The predicted molar refractivity (Wildman–Crippen MR) is 67.6 cm³/mol. The van der Waals surface area contributed by atoms with Crippen LogP contribution in [0.3, 0.4) is 0 Å². The van der Waals surface area contributed by atoms with Crippen molar-refractivity contribution in [3.63, 3.8) is 0 Å². The van der Waals surface area contributed by atoms with Gasteiger partial charge in [0.2, 0.25) is 0 Å². The van der Waals surface area contributed by atoms with E-state index in [4.69, 9.17) is 3.63 Å². The summed E-state index contributed by atoms with van der Waals surface area (Å²) in [5.74, 6) is 0.165. The molecule has 7 heteroatoms. The van der Waals surface area contributed by atoms with E-state index in [9.17, 15) is 13.5 Å². The van der Waals surface area contributed by atoms with Crippen molar-refractivity contribution in [2.24, 2.45) is 0 Å². The standard InChI is InChI=1S/C10H16O5S2/c1-8-7-9(5-6-10(8)11)16(3,4)15-17(12,13)14-2/h5-7,11H,1-4H3. The lowest BCUT2D eigenvalue weighted by molar-refractivity contribution is 0.341.